The lowest BCUT2D eigenvalue weighted by atomic mass is 10.1. The number of benzene rings is 1. The van der Waals surface area contributed by atoms with E-state index >= 15 is 0 Å². The van der Waals surface area contributed by atoms with Gasteiger partial charge in [-0.1, -0.05) is 0 Å². The molecule has 0 radical (unpaired) electrons. The molecule has 1 aromatic carbocycles. The molecule has 0 saturated carbocycles. The first-order valence-electron chi connectivity index (χ1n) is 6.53. The van der Waals surface area contributed by atoms with Crippen molar-refractivity contribution < 1.29 is 9.47 Å². The quantitative estimate of drug-likeness (QED) is 0.844. The average Bonchev–Trinajstić information content (AvgIpc) is 2.44. The smallest absolute Gasteiger partial charge is 0.253 e. The minimum absolute atomic E-state index is 0.0265. The summed E-state index contributed by atoms with van der Waals surface area (Å²) in [6, 6.07) is 5.48. The lowest BCUT2D eigenvalue weighted by Crippen LogP contribution is -2.23. The first-order valence-corrected chi connectivity index (χ1v) is 7.32. The van der Waals surface area contributed by atoms with Gasteiger partial charge >= 0.3 is 0 Å². The number of aryl methyl sites for hydroxylation is 1. The predicted molar refractivity (Wildman–Crippen MR) is 83.4 cm³/mol. The molecule has 3 rings (SSSR count). The third-order valence-corrected chi connectivity index (χ3v) is 3.82. The van der Waals surface area contributed by atoms with Gasteiger partial charge in [0.15, 0.2) is 6.79 Å². The van der Waals surface area contributed by atoms with E-state index < -0.39 is 0 Å². The fourth-order valence-corrected chi connectivity index (χ4v) is 3.07. The van der Waals surface area contributed by atoms with Crippen LogP contribution in [0.5, 0.6) is 5.75 Å². The van der Waals surface area contributed by atoms with E-state index in [-0.39, 0.29) is 12.4 Å². The summed E-state index contributed by atoms with van der Waals surface area (Å²) < 4.78 is 13.4. The van der Waals surface area contributed by atoms with Gasteiger partial charge in [-0.15, -0.1) is 0 Å². The third-order valence-electron chi connectivity index (χ3n) is 3.38. The average molecular weight is 351 g/mol. The molecule has 1 aliphatic rings. The van der Waals surface area contributed by atoms with Crippen molar-refractivity contribution in [2.75, 3.05) is 12.5 Å². The summed E-state index contributed by atoms with van der Waals surface area (Å²) in [5.41, 5.74) is 9.02. The molecule has 0 fully saturated rings. The van der Waals surface area contributed by atoms with Crippen molar-refractivity contribution in [1.29, 1.82) is 0 Å². The Morgan fingerprint density at radius 3 is 3.00 bits per heavy atom. The van der Waals surface area contributed by atoms with Crippen molar-refractivity contribution in [2.24, 2.45) is 0 Å². The summed E-state index contributed by atoms with van der Waals surface area (Å²) in [5.74, 6) is 0.764. The number of hydrogen-bond acceptors (Lipinski definition) is 4. The van der Waals surface area contributed by atoms with Crippen LogP contribution in [0, 0.1) is 6.92 Å². The molecule has 0 atom stereocenters. The Morgan fingerprint density at radius 2 is 2.19 bits per heavy atom. The van der Waals surface area contributed by atoms with Crippen LogP contribution in [0.3, 0.4) is 0 Å². The van der Waals surface area contributed by atoms with Crippen LogP contribution in [-0.2, 0) is 17.9 Å². The number of aromatic nitrogens is 1. The zero-order chi connectivity index (χ0) is 15.0. The fourth-order valence-electron chi connectivity index (χ4n) is 2.48. The summed E-state index contributed by atoms with van der Waals surface area (Å²) in [5, 5.41) is 0. The van der Waals surface area contributed by atoms with Crippen LogP contribution in [0.1, 0.15) is 16.7 Å². The van der Waals surface area contributed by atoms with E-state index in [4.69, 9.17) is 15.2 Å². The monoisotopic (exact) mass is 350 g/mol. The molecule has 110 valence electrons. The van der Waals surface area contributed by atoms with Crippen molar-refractivity contribution in [3.63, 3.8) is 0 Å². The Labute approximate surface area is 130 Å². The van der Waals surface area contributed by atoms with Gasteiger partial charge in [0.05, 0.1) is 13.2 Å². The molecule has 2 heterocycles. The SMILES string of the molecule is Cc1cc(Br)cn(Cc2cc(N)cc3c2OCOC3)c1=O. The standard InChI is InChI=1S/C15H15BrN2O3/c1-9-2-12(16)6-18(15(9)19)5-10-3-13(17)4-11-7-20-8-21-14(10)11/h2-4,6H,5,7-8,17H2,1H3. The molecule has 0 spiro atoms. The fraction of sp³-hybridized carbons (Fsp3) is 0.267. The molecular formula is C15H15BrN2O3. The summed E-state index contributed by atoms with van der Waals surface area (Å²) in [6.45, 7) is 2.89. The molecule has 2 aromatic rings. The van der Waals surface area contributed by atoms with Crippen molar-refractivity contribution in [2.45, 2.75) is 20.1 Å². The molecule has 0 unspecified atom stereocenters. The van der Waals surface area contributed by atoms with Gasteiger partial charge in [0.1, 0.15) is 5.75 Å². The van der Waals surface area contributed by atoms with Gasteiger partial charge < -0.3 is 19.8 Å². The number of pyridine rings is 1. The lowest BCUT2D eigenvalue weighted by molar-refractivity contribution is -0.0170. The van der Waals surface area contributed by atoms with Crippen LogP contribution < -0.4 is 16.0 Å². The molecule has 0 amide bonds. The highest BCUT2D eigenvalue weighted by atomic mass is 79.9. The maximum Gasteiger partial charge on any atom is 0.253 e. The second kappa shape index (κ2) is 5.54. The summed E-state index contributed by atoms with van der Waals surface area (Å²) in [6.07, 6.45) is 1.77. The maximum atomic E-state index is 12.2. The number of rotatable bonds is 2. The van der Waals surface area contributed by atoms with Gasteiger partial charge in [0, 0.05) is 33.0 Å². The molecule has 1 aromatic heterocycles. The Hall–Kier alpha value is -1.79. The van der Waals surface area contributed by atoms with E-state index in [1.54, 1.807) is 23.8 Å². The minimum atomic E-state index is -0.0265. The van der Waals surface area contributed by atoms with Gasteiger partial charge in [0.2, 0.25) is 0 Å². The molecule has 0 bridgehead atoms. The van der Waals surface area contributed by atoms with E-state index in [9.17, 15) is 4.79 Å². The van der Waals surface area contributed by atoms with Crippen molar-refractivity contribution in [3.8, 4) is 5.75 Å². The molecule has 6 heteroatoms. The van der Waals surface area contributed by atoms with Gasteiger partial charge in [-0.3, -0.25) is 4.79 Å². The topological polar surface area (TPSA) is 66.5 Å². The number of nitrogens with two attached hydrogens (primary N) is 1. The van der Waals surface area contributed by atoms with Gasteiger partial charge in [0.25, 0.3) is 5.56 Å². The summed E-state index contributed by atoms with van der Waals surface area (Å²) in [4.78, 5) is 12.2. The molecule has 5 nitrogen and oxygen atoms in total. The lowest BCUT2D eigenvalue weighted by Gasteiger charge is -2.22. The zero-order valence-electron chi connectivity index (χ0n) is 11.6. The first-order chi connectivity index (χ1) is 10.0. The number of halogens is 1. The predicted octanol–water partition coefficient (Wildman–Crippen LogP) is 2.42. The van der Waals surface area contributed by atoms with Crippen LogP contribution in [0.25, 0.3) is 0 Å². The molecule has 0 saturated heterocycles. The van der Waals surface area contributed by atoms with E-state index in [0.717, 1.165) is 21.3 Å². The van der Waals surface area contributed by atoms with Gasteiger partial charge in [-0.25, -0.2) is 0 Å². The van der Waals surface area contributed by atoms with Crippen molar-refractivity contribution in [1.82, 2.24) is 4.57 Å². The van der Waals surface area contributed by atoms with E-state index in [1.165, 1.54) is 0 Å². The Bertz CT molecular complexity index is 755. The highest BCUT2D eigenvalue weighted by Gasteiger charge is 2.17. The largest absolute Gasteiger partial charge is 0.467 e. The number of hydrogen-bond donors (Lipinski definition) is 1. The normalized spacial score (nSPS) is 13.6. The second-order valence-electron chi connectivity index (χ2n) is 5.05. The first kappa shape index (κ1) is 14.2. The van der Waals surface area contributed by atoms with Crippen LogP contribution in [-0.4, -0.2) is 11.4 Å². The Morgan fingerprint density at radius 1 is 1.38 bits per heavy atom. The number of nitrogens with zero attached hydrogens (tertiary/aromatic N) is 1. The third kappa shape index (κ3) is 2.82. The van der Waals surface area contributed by atoms with Crippen LogP contribution in [0.15, 0.2) is 33.7 Å². The second-order valence-corrected chi connectivity index (χ2v) is 5.97. The highest BCUT2D eigenvalue weighted by molar-refractivity contribution is 9.10. The summed E-state index contributed by atoms with van der Waals surface area (Å²) in [7, 11) is 0. The van der Waals surface area contributed by atoms with Crippen LogP contribution in [0.4, 0.5) is 5.69 Å². The molecule has 0 aliphatic carbocycles. The number of fused-ring (bicyclic) bond motifs is 1. The van der Waals surface area contributed by atoms with Crippen molar-refractivity contribution >= 4 is 21.6 Å². The molecule has 1 aliphatic heterocycles. The maximum absolute atomic E-state index is 12.2. The number of nitrogen functional groups attached to an aromatic ring is 1. The van der Waals surface area contributed by atoms with Crippen LogP contribution in [0.2, 0.25) is 0 Å². The van der Waals surface area contributed by atoms with E-state index in [1.807, 2.05) is 12.1 Å². The van der Waals surface area contributed by atoms with Crippen LogP contribution >= 0.6 is 15.9 Å². The number of anilines is 1. The van der Waals surface area contributed by atoms with Crippen molar-refractivity contribution in [3.05, 3.63) is 55.9 Å². The van der Waals surface area contributed by atoms with Gasteiger partial charge in [-0.05, 0) is 41.1 Å². The highest BCUT2D eigenvalue weighted by Crippen LogP contribution is 2.31. The zero-order valence-corrected chi connectivity index (χ0v) is 13.1. The molecular weight excluding hydrogens is 336 g/mol. The molecule has 2 N–H and O–H groups in total. The van der Waals surface area contributed by atoms with E-state index in [2.05, 4.69) is 15.9 Å². The Kier molecular flexibility index (Phi) is 3.73. The summed E-state index contributed by atoms with van der Waals surface area (Å²) >= 11 is 3.41. The minimum Gasteiger partial charge on any atom is -0.467 e. The number of ether oxygens (including phenoxy) is 2. The Balaban J connectivity index is 2.06. The molecule has 21 heavy (non-hydrogen) atoms. The van der Waals surface area contributed by atoms with Gasteiger partial charge in [-0.2, -0.15) is 0 Å². The van der Waals surface area contributed by atoms with E-state index in [0.29, 0.717) is 24.4 Å².